The van der Waals surface area contributed by atoms with Crippen LogP contribution in [-0.2, 0) is 22.2 Å². The van der Waals surface area contributed by atoms with E-state index in [9.17, 15) is 8.42 Å². The fraction of sp³-hybridized carbons (Fsp3) is 0.357. The van der Waals surface area contributed by atoms with Crippen LogP contribution < -0.4 is 19.9 Å². The molecule has 1 aliphatic carbocycles. The molecule has 1 aliphatic rings. The Kier molecular flexibility index (Phi) is 8.23. The summed E-state index contributed by atoms with van der Waals surface area (Å²) in [6, 6.07) is 27.7. The number of nitrogens with two attached hydrogens (primary N) is 1. The van der Waals surface area contributed by atoms with Crippen LogP contribution >= 0.6 is 0 Å². The number of hydrogen-bond acceptors (Lipinski definition) is 4. The molecule has 0 radical (unpaired) electrons. The molecule has 7 heteroatoms. The first-order valence-corrected chi connectivity index (χ1v) is 13.7. The van der Waals surface area contributed by atoms with Crippen molar-refractivity contribution in [1.82, 2.24) is 10.0 Å². The third kappa shape index (κ3) is 6.92. The van der Waals surface area contributed by atoms with Crippen LogP contribution in [0, 0.1) is 0 Å². The van der Waals surface area contributed by atoms with Crippen LogP contribution in [0.3, 0.4) is 0 Å². The van der Waals surface area contributed by atoms with Crippen molar-refractivity contribution in [1.29, 1.82) is 0 Å². The standard InChI is InChI=1S/C28H35N3O3S/c1-34-27-9-5-8-25(20-27)28(18-19-31-35(29,32)33)16-14-26(15-17-28)30-21-22-10-12-24(13-11-22)23-6-3-2-4-7-23/h2-13,20,26,30-31H,14-19,21H2,1H3,(H2,29,32,33)/t26-,28-. The summed E-state index contributed by atoms with van der Waals surface area (Å²) in [6.07, 6.45) is 4.68. The fourth-order valence-corrected chi connectivity index (χ4v) is 5.54. The van der Waals surface area contributed by atoms with Gasteiger partial charge in [0.25, 0.3) is 10.2 Å². The molecule has 0 aliphatic heterocycles. The third-order valence-corrected chi connectivity index (χ3v) is 7.79. The van der Waals surface area contributed by atoms with E-state index in [1.807, 2.05) is 18.2 Å². The van der Waals surface area contributed by atoms with E-state index in [1.165, 1.54) is 22.3 Å². The topological polar surface area (TPSA) is 93.4 Å². The van der Waals surface area contributed by atoms with Crippen molar-refractivity contribution in [3.05, 3.63) is 90.0 Å². The van der Waals surface area contributed by atoms with Gasteiger partial charge < -0.3 is 10.1 Å². The molecule has 0 saturated heterocycles. The zero-order chi connectivity index (χ0) is 24.7. The second kappa shape index (κ2) is 11.4. The lowest BCUT2D eigenvalue weighted by atomic mass is 9.66. The monoisotopic (exact) mass is 493 g/mol. The Morgan fingerprint density at radius 2 is 1.63 bits per heavy atom. The first kappa shape index (κ1) is 25.4. The lowest BCUT2D eigenvalue weighted by Crippen LogP contribution is -2.42. The number of nitrogens with one attached hydrogen (secondary N) is 2. The summed E-state index contributed by atoms with van der Waals surface area (Å²) < 4.78 is 30.8. The number of methoxy groups -OCH3 is 1. The average molecular weight is 494 g/mol. The van der Waals surface area contributed by atoms with Gasteiger partial charge in [-0.15, -0.1) is 0 Å². The summed E-state index contributed by atoms with van der Waals surface area (Å²) >= 11 is 0. The quantitative estimate of drug-likeness (QED) is 0.387. The molecule has 6 nitrogen and oxygen atoms in total. The van der Waals surface area contributed by atoms with Gasteiger partial charge in [0.15, 0.2) is 0 Å². The van der Waals surface area contributed by atoms with Gasteiger partial charge in [-0.25, -0.2) is 9.86 Å². The molecule has 0 amide bonds. The maximum atomic E-state index is 11.4. The molecular formula is C28H35N3O3S. The molecule has 0 bridgehead atoms. The molecule has 3 aromatic carbocycles. The van der Waals surface area contributed by atoms with Crippen molar-refractivity contribution in [3.8, 4) is 16.9 Å². The van der Waals surface area contributed by atoms with E-state index in [1.54, 1.807) is 7.11 Å². The van der Waals surface area contributed by atoms with E-state index < -0.39 is 10.2 Å². The highest BCUT2D eigenvalue weighted by molar-refractivity contribution is 7.87. The predicted octanol–water partition coefficient (Wildman–Crippen LogP) is 4.52. The number of ether oxygens (including phenoxy) is 1. The Balaban J connectivity index is 1.37. The normalized spacial score (nSPS) is 20.5. The van der Waals surface area contributed by atoms with Gasteiger partial charge in [-0.1, -0.05) is 66.7 Å². The van der Waals surface area contributed by atoms with E-state index in [-0.39, 0.29) is 5.41 Å². The molecule has 0 aromatic heterocycles. The van der Waals surface area contributed by atoms with Gasteiger partial charge in [0, 0.05) is 19.1 Å². The van der Waals surface area contributed by atoms with Gasteiger partial charge in [0.05, 0.1) is 7.11 Å². The van der Waals surface area contributed by atoms with Gasteiger partial charge in [-0.3, -0.25) is 0 Å². The Labute approximate surface area is 209 Å². The molecule has 0 unspecified atom stereocenters. The van der Waals surface area contributed by atoms with E-state index in [0.29, 0.717) is 19.0 Å². The van der Waals surface area contributed by atoms with Crippen LogP contribution in [0.5, 0.6) is 5.75 Å². The van der Waals surface area contributed by atoms with Crippen LogP contribution in [0.2, 0.25) is 0 Å². The minimum atomic E-state index is -3.70. The average Bonchev–Trinajstić information content (AvgIpc) is 2.88. The first-order chi connectivity index (χ1) is 16.9. The highest BCUT2D eigenvalue weighted by Crippen LogP contribution is 2.43. The molecule has 3 aromatic rings. The van der Waals surface area contributed by atoms with Crippen molar-refractivity contribution >= 4 is 10.2 Å². The maximum Gasteiger partial charge on any atom is 0.274 e. The summed E-state index contributed by atoms with van der Waals surface area (Å²) in [5, 5.41) is 8.90. The molecule has 35 heavy (non-hydrogen) atoms. The van der Waals surface area contributed by atoms with Crippen LogP contribution in [0.4, 0.5) is 0 Å². The minimum absolute atomic E-state index is 0.109. The SMILES string of the molecule is COc1cccc([C@]2(CCNS(N)(=O)=O)CC[C@@H](NCc3ccc(-c4ccccc4)cc3)CC2)c1. The zero-order valence-electron chi connectivity index (χ0n) is 20.2. The van der Waals surface area contributed by atoms with Gasteiger partial charge in [0.2, 0.25) is 0 Å². The van der Waals surface area contributed by atoms with Crippen molar-refractivity contribution in [2.75, 3.05) is 13.7 Å². The maximum absolute atomic E-state index is 11.4. The van der Waals surface area contributed by atoms with Crippen molar-refractivity contribution < 1.29 is 13.2 Å². The van der Waals surface area contributed by atoms with Gasteiger partial charge in [-0.05, 0) is 71.9 Å². The summed E-state index contributed by atoms with van der Waals surface area (Å²) in [4.78, 5) is 0. The molecule has 0 spiro atoms. The van der Waals surface area contributed by atoms with E-state index in [0.717, 1.165) is 38.0 Å². The van der Waals surface area contributed by atoms with Gasteiger partial charge >= 0.3 is 0 Å². The molecule has 4 N–H and O–H groups in total. The third-order valence-electron chi connectivity index (χ3n) is 7.19. The highest BCUT2D eigenvalue weighted by Gasteiger charge is 2.36. The van der Waals surface area contributed by atoms with Gasteiger partial charge in [0.1, 0.15) is 5.75 Å². The van der Waals surface area contributed by atoms with Crippen molar-refractivity contribution in [2.24, 2.45) is 5.14 Å². The summed E-state index contributed by atoms with van der Waals surface area (Å²) in [7, 11) is -2.04. The molecule has 1 fully saturated rings. The molecule has 1 saturated carbocycles. The Hall–Kier alpha value is -2.71. The van der Waals surface area contributed by atoms with Crippen LogP contribution in [0.15, 0.2) is 78.9 Å². The smallest absolute Gasteiger partial charge is 0.274 e. The van der Waals surface area contributed by atoms with E-state index >= 15 is 0 Å². The molecule has 0 heterocycles. The molecule has 0 atom stereocenters. The Morgan fingerprint density at radius 1 is 0.943 bits per heavy atom. The number of benzene rings is 3. The Bertz CT molecular complexity index is 1190. The second-order valence-corrected chi connectivity index (χ2v) is 10.8. The first-order valence-electron chi connectivity index (χ1n) is 12.2. The van der Waals surface area contributed by atoms with E-state index in [2.05, 4.69) is 70.7 Å². The largest absolute Gasteiger partial charge is 0.497 e. The van der Waals surface area contributed by atoms with Crippen molar-refractivity contribution in [2.45, 2.75) is 50.1 Å². The lowest BCUT2D eigenvalue weighted by Gasteiger charge is -2.41. The predicted molar refractivity (Wildman–Crippen MR) is 141 cm³/mol. The minimum Gasteiger partial charge on any atom is -0.497 e. The van der Waals surface area contributed by atoms with Gasteiger partial charge in [-0.2, -0.15) is 8.42 Å². The molecule has 4 rings (SSSR count). The van der Waals surface area contributed by atoms with Crippen LogP contribution in [-0.4, -0.2) is 28.1 Å². The summed E-state index contributed by atoms with van der Waals surface area (Å²) in [5.74, 6) is 0.820. The summed E-state index contributed by atoms with van der Waals surface area (Å²) in [5.41, 5.74) is 4.81. The molecular weight excluding hydrogens is 458 g/mol. The fourth-order valence-electron chi connectivity index (χ4n) is 5.15. The van der Waals surface area contributed by atoms with Crippen LogP contribution in [0.25, 0.3) is 11.1 Å². The summed E-state index contributed by atoms with van der Waals surface area (Å²) in [6.45, 7) is 1.15. The van der Waals surface area contributed by atoms with Crippen molar-refractivity contribution in [3.63, 3.8) is 0 Å². The zero-order valence-corrected chi connectivity index (χ0v) is 21.1. The molecule has 186 valence electrons. The Morgan fingerprint density at radius 3 is 2.29 bits per heavy atom. The number of hydrogen-bond donors (Lipinski definition) is 3. The highest BCUT2D eigenvalue weighted by atomic mass is 32.2. The van der Waals surface area contributed by atoms with E-state index in [4.69, 9.17) is 9.88 Å². The van der Waals surface area contributed by atoms with Crippen LogP contribution in [0.1, 0.15) is 43.2 Å². The number of rotatable bonds is 10. The second-order valence-electron chi connectivity index (χ2n) is 9.42. The lowest BCUT2D eigenvalue weighted by molar-refractivity contribution is 0.232.